The van der Waals surface area contributed by atoms with Crippen LogP contribution >= 0.6 is 0 Å². The molecule has 124 valence electrons. The maximum atomic E-state index is 13.4. The van der Waals surface area contributed by atoms with Gasteiger partial charge in [-0.3, -0.25) is 9.59 Å². The van der Waals surface area contributed by atoms with E-state index in [1.54, 1.807) is 30.0 Å². The van der Waals surface area contributed by atoms with E-state index in [9.17, 15) is 14.0 Å². The second-order valence-electron chi connectivity index (χ2n) is 5.96. The lowest BCUT2D eigenvalue weighted by Crippen LogP contribution is -2.57. The number of nitrogens with zero attached hydrogens (tertiary/aromatic N) is 2. The lowest BCUT2D eigenvalue weighted by atomic mass is 10.0. The summed E-state index contributed by atoms with van der Waals surface area (Å²) in [6.45, 7) is 4.35. The highest BCUT2D eigenvalue weighted by atomic mass is 19.1. The summed E-state index contributed by atoms with van der Waals surface area (Å²) in [5.41, 5.74) is 2.01. The van der Waals surface area contributed by atoms with Gasteiger partial charge in [0.2, 0.25) is 5.91 Å². The Morgan fingerprint density at radius 1 is 1.12 bits per heavy atom. The van der Waals surface area contributed by atoms with Crippen LogP contribution in [0.1, 0.15) is 22.8 Å². The molecule has 1 unspecified atom stereocenters. The molecule has 4 nitrogen and oxygen atoms in total. The first-order valence-electron chi connectivity index (χ1n) is 7.92. The number of carbonyl (C=O) groups excluding carboxylic acids is 2. The summed E-state index contributed by atoms with van der Waals surface area (Å²) in [4.78, 5) is 28.6. The number of aryl methyl sites for hydroxylation is 1. The van der Waals surface area contributed by atoms with E-state index in [2.05, 4.69) is 0 Å². The predicted octanol–water partition coefficient (Wildman–Crippen LogP) is 3.01. The van der Waals surface area contributed by atoms with Crippen molar-refractivity contribution < 1.29 is 14.0 Å². The van der Waals surface area contributed by atoms with E-state index in [0.29, 0.717) is 24.3 Å². The fraction of sp³-hybridized carbons (Fsp3) is 0.263. The van der Waals surface area contributed by atoms with E-state index < -0.39 is 6.04 Å². The summed E-state index contributed by atoms with van der Waals surface area (Å²) < 4.78 is 13.4. The van der Waals surface area contributed by atoms with Crippen LogP contribution in [-0.2, 0) is 4.79 Å². The van der Waals surface area contributed by atoms with Gasteiger partial charge in [-0.15, -0.1) is 0 Å². The summed E-state index contributed by atoms with van der Waals surface area (Å²) in [5.74, 6) is -0.729. The van der Waals surface area contributed by atoms with Crippen LogP contribution in [0, 0.1) is 12.7 Å². The highest BCUT2D eigenvalue weighted by molar-refractivity contribution is 6.03. The first-order chi connectivity index (χ1) is 11.5. The summed E-state index contributed by atoms with van der Waals surface area (Å²) >= 11 is 0. The van der Waals surface area contributed by atoms with Crippen LogP contribution in [0.2, 0.25) is 0 Å². The zero-order valence-electron chi connectivity index (χ0n) is 13.7. The second kappa shape index (κ2) is 6.43. The molecule has 2 aromatic carbocycles. The molecule has 0 saturated carbocycles. The minimum absolute atomic E-state index is 0.146. The number of hydrogen-bond donors (Lipinski definition) is 0. The molecule has 1 heterocycles. The average molecular weight is 326 g/mol. The van der Waals surface area contributed by atoms with E-state index in [0.717, 1.165) is 5.56 Å². The normalized spacial score (nSPS) is 18.0. The Morgan fingerprint density at radius 2 is 1.88 bits per heavy atom. The quantitative estimate of drug-likeness (QED) is 0.851. The minimum Gasteiger partial charge on any atom is -0.325 e. The molecule has 0 aliphatic carbocycles. The molecule has 1 aliphatic rings. The summed E-state index contributed by atoms with van der Waals surface area (Å²) in [7, 11) is 0. The lowest BCUT2D eigenvalue weighted by molar-refractivity contribution is -0.124. The fourth-order valence-electron chi connectivity index (χ4n) is 3.02. The minimum atomic E-state index is -0.589. The van der Waals surface area contributed by atoms with Crippen molar-refractivity contribution in [3.63, 3.8) is 0 Å². The molecule has 2 amide bonds. The van der Waals surface area contributed by atoms with Gasteiger partial charge in [0.1, 0.15) is 11.9 Å². The third kappa shape index (κ3) is 2.89. The van der Waals surface area contributed by atoms with Crippen molar-refractivity contribution >= 4 is 17.5 Å². The second-order valence-corrected chi connectivity index (χ2v) is 5.96. The third-order valence-electron chi connectivity index (χ3n) is 4.41. The molecular formula is C19H19FN2O2. The van der Waals surface area contributed by atoms with Crippen LogP contribution in [0.15, 0.2) is 48.5 Å². The van der Waals surface area contributed by atoms with Gasteiger partial charge in [-0.25, -0.2) is 4.39 Å². The molecule has 0 radical (unpaired) electrons. The number of anilines is 1. The number of amides is 2. The topological polar surface area (TPSA) is 40.6 Å². The summed E-state index contributed by atoms with van der Waals surface area (Å²) in [5, 5.41) is 0. The molecule has 24 heavy (non-hydrogen) atoms. The van der Waals surface area contributed by atoms with Gasteiger partial charge in [-0.2, -0.15) is 0 Å². The summed E-state index contributed by atoms with van der Waals surface area (Å²) in [6, 6.07) is 12.7. The lowest BCUT2D eigenvalue weighted by Gasteiger charge is -2.39. The van der Waals surface area contributed by atoms with Crippen molar-refractivity contribution in [3.05, 3.63) is 65.5 Å². The van der Waals surface area contributed by atoms with Gasteiger partial charge in [0, 0.05) is 24.3 Å². The van der Waals surface area contributed by atoms with Crippen LogP contribution < -0.4 is 4.90 Å². The fourth-order valence-corrected chi connectivity index (χ4v) is 3.02. The number of halogens is 1. The Labute approximate surface area is 140 Å². The largest absolute Gasteiger partial charge is 0.325 e. The van der Waals surface area contributed by atoms with Gasteiger partial charge in [0.25, 0.3) is 5.91 Å². The van der Waals surface area contributed by atoms with Gasteiger partial charge in [-0.1, -0.05) is 24.3 Å². The number of rotatable bonds is 2. The number of benzene rings is 2. The van der Waals surface area contributed by atoms with Crippen molar-refractivity contribution in [1.29, 1.82) is 0 Å². The third-order valence-corrected chi connectivity index (χ3v) is 4.41. The van der Waals surface area contributed by atoms with E-state index in [1.165, 1.54) is 17.0 Å². The molecule has 5 heteroatoms. The monoisotopic (exact) mass is 326 g/mol. The molecule has 0 bridgehead atoms. The van der Waals surface area contributed by atoms with E-state index in [4.69, 9.17) is 0 Å². The first kappa shape index (κ1) is 16.2. The Balaban J connectivity index is 1.83. The van der Waals surface area contributed by atoms with Gasteiger partial charge in [0.15, 0.2) is 0 Å². The zero-order valence-corrected chi connectivity index (χ0v) is 13.7. The molecule has 1 fully saturated rings. The molecule has 0 aromatic heterocycles. The predicted molar refractivity (Wildman–Crippen MR) is 90.4 cm³/mol. The van der Waals surface area contributed by atoms with Crippen LogP contribution in [0.5, 0.6) is 0 Å². The highest BCUT2D eigenvalue weighted by Crippen LogP contribution is 2.23. The van der Waals surface area contributed by atoms with Gasteiger partial charge in [-0.05, 0) is 43.7 Å². The van der Waals surface area contributed by atoms with Gasteiger partial charge in [0.05, 0.1) is 0 Å². The summed E-state index contributed by atoms with van der Waals surface area (Å²) in [6.07, 6.45) is 0. The molecule has 0 N–H and O–H groups in total. The van der Waals surface area contributed by atoms with E-state index in [1.807, 2.05) is 25.1 Å². The number of hydrogen-bond acceptors (Lipinski definition) is 2. The van der Waals surface area contributed by atoms with Crippen molar-refractivity contribution in [2.75, 3.05) is 18.0 Å². The van der Waals surface area contributed by atoms with Gasteiger partial charge < -0.3 is 9.80 Å². The molecule has 0 spiro atoms. The number of piperazine rings is 1. The van der Waals surface area contributed by atoms with Crippen molar-refractivity contribution in [2.24, 2.45) is 0 Å². The number of carbonyl (C=O) groups is 2. The molecule has 1 aliphatic heterocycles. The SMILES string of the molecule is Cc1ccccc1C(=O)N1CCN(c2cccc(F)c2)C(=O)C1C. The Hall–Kier alpha value is -2.69. The Bertz CT molecular complexity index is 790. The highest BCUT2D eigenvalue weighted by Gasteiger charge is 2.35. The van der Waals surface area contributed by atoms with Crippen LogP contribution in [0.3, 0.4) is 0 Å². The maximum absolute atomic E-state index is 13.4. The molecule has 3 rings (SSSR count). The van der Waals surface area contributed by atoms with E-state index >= 15 is 0 Å². The van der Waals surface area contributed by atoms with E-state index in [-0.39, 0.29) is 17.6 Å². The first-order valence-corrected chi connectivity index (χ1v) is 7.92. The Morgan fingerprint density at radius 3 is 2.58 bits per heavy atom. The smallest absolute Gasteiger partial charge is 0.254 e. The van der Waals surface area contributed by atoms with Gasteiger partial charge >= 0.3 is 0 Å². The van der Waals surface area contributed by atoms with Crippen molar-refractivity contribution in [3.8, 4) is 0 Å². The maximum Gasteiger partial charge on any atom is 0.254 e. The molecular weight excluding hydrogens is 307 g/mol. The van der Waals surface area contributed by atoms with Crippen molar-refractivity contribution in [2.45, 2.75) is 19.9 Å². The molecule has 2 aromatic rings. The van der Waals surface area contributed by atoms with Crippen LogP contribution in [0.25, 0.3) is 0 Å². The average Bonchev–Trinajstić information content (AvgIpc) is 2.57. The van der Waals surface area contributed by atoms with Crippen molar-refractivity contribution in [1.82, 2.24) is 4.90 Å². The Kier molecular flexibility index (Phi) is 4.34. The molecule has 1 saturated heterocycles. The standard InChI is InChI=1S/C19H19FN2O2/c1-13-6-3-4-9-17(13)19(24)21-10-11-22(18(23)14(21)2)16-8-5-7-15(20)12-16/h3-9,12,14H,10-11H2,1-2H3. The zero-order chi connectivity index (χ0) is 17.3. The van der Waals surface area contributed by atoms with Crippen LogP contribution in [0.4, 0.5) is 10.1 Å². The van der Waals surface area contributed by atoms with Crippen LogP contribution in [-0.4, -0.2) is 35.8 Å². The molecule has 1 atom stereocenters.